The van der Waals surface area contributed by atoms with Crippen molar-refractivity contribution in [1.82, 2.24) is 0 Å². The molecule has 7 nitrogen and oxygen atoms in total. The van der Waals surface area contributed by atoms with Crippen molar-refractivity contribution in [3.63, 3.8) is 0 Å². The Balaban J connectivity index is 2.79. The zero-order valence-electron chi connectivity index (χ0n) is 23.4. The van der Waals surface area contributed by atoms with Crippen molar-refractivity contribution >= 4 is 11.4 Å². The molecule has 1 N–H and O–H groups in total. The maximum absolute atomic E-state index is 12.1. The van der Waals surface area contributed by atoms with Gasteiger partial charge in [-0.25, -0.2) is 0 Å². The second kappa shape index (κ2) is 13.0. The summed E-state index contributed by atoms with van der Waals surface area (Å²) in [6.45, 7) is 12.9. The van der Waals surface area contributed by atoms with Crippen LogP contribution in [0.2, 0.25) is 0 Å². The maximum Gasteiger partial charge on any atom is 0.284 e. The molecule has 2 rings (SSSR count). The van der Waals surface area contributed by atoms with Gasteiger partial charge < -0.3 is 5.11 Å². The fourth-order valence-corrected chi connectivity index (χ4v) is 5.45. The van der Waals surface area contributed by atoms with Gasteiger partial charge in [0.05, 0.1) is 21.5 Å². The zero-order chi connectivity index (χ0) is 27.8. The van der Waals surface area contributed by atoms with Crippen LogP contribution in [-0.2, 0) is 10.8 Å². The largest absolute Gasteiger partial charge is 0.508 e. The summed E-state index contributed by atoms with van der Waals surface area (Å²) in [7, 11) is 0. The Morgan fingerprint density at radius 1 is 0.703 bits per heavy atom. The van der Waals surface area contributed by atoms with Gasteiger partial charge in [0.2, 0.25) is 0 Å². The summed E-state index contributed by atoms with van der Waals surface area (Å²) in [5, 5.41) is 34.7. The highest BCUT2D eigenvalue weighted by atomic mass is 16.6. The Bertz CT molecular complexity index is 1090. The molecule has 0 unspecified atom stereocenters. The molecule has 2 aromatic carbocycles. The lowest BCUT2D eigenvalue weighted by Gasteiger charge is -2.37. The second-order valence-electron chi connectivity index (χ2n) is 11.5. The van der Waals surface area contributed by atoms with E-state index in [9.17, 15) is 25.3 Å². The Morgan fingerprint density at radius 3 is 1.70 bits per heavy atom. The Morgan fingerprint density at radius 2 is 1.22 bits per heavy atom. The maximum atomic E-state index is 12.1. The first-order chi connectivity index (χ1) is 17.4. The summed E-state index contributed by atoms with van der Waals surface area (Å²) < 4.78 is 0. The van der Waals surface area contributed by atoms with Crippen molar-refractivity contribution in [1.29, 1.82) is 0 Å². The van der Waals surface area contributed by atoms with E-state index in [1.807, 2.05) is 0 Å². The summed E-state index contributed by atoms with van der Waals surface area (Å²) in [6.07, 6.45) is 10.6. The molecule has 0 fully saturated rings. The number of nitrogens with zero attached hydrogens (tertiary/aromatic N) is 2. The molecule has 0 aliphatic heterocycles. The van der Waals surface area contributed by atoms with Crippen molar-refractivity contribution in [2.24, 2.45) is 0 Å². The first-order valence-corrected chi connectivity index (χ1v) is 13.7. The molecule has 0 saturated carbocycles. The molecule has 0 spiro atoms. The first kappa shape index (κ1) is 30.3. The molecule has 0 amide bonds. The molecule has 204 valence electrons. The van der Waals surface area contributed by atoms with E-state index in [1.165, 1.54) is 12.1 Å². The number of unbranched alkanes of at least 4 members (excludes halogenated alkanes) is 6. The normalized spacial score (nSPS) is 12.1. The smallest absolute Gasteiger partial charge is 0.284 e. The summed E-state index contributed by atoms with van der Waals surface area (Å²) in [4.78, 5) is 22.2. The van der Waals surface area contributed by atoms with E-state index in [0.29, 0.717) is 11.1 Å². The van der Waals surface area contributed by atoms with Crippen LogP contribution in [0.4, 0.5) is 11.4 Å². The van der Waals surface area contributed by atoms with Crippen LogP contribution >= 0.6 is 0 Å². The molecule has 0 aliphatic carbocycles. The Kier molecular flexibility index (Phi) is 10.6. The van der Waals surface area contributed by atoms with Crippen LogP contribution in [-0.4, -0.2) is 15.0 Å². The summed E-state index contributed by atoms with van der Waals surface area (Å²) >= 11 is 0. The number of benzene rings is 2. The van der Waals surface area contributed by atoms with Crippen LogP contribution in [0.15, 0.2) is 30.3 Å². The quantitative estimate of drug-likeness (QED) is 0.145. The van der Waals surface area contributed by atoms with E-state index < -0.39 is 9.85 Å². The lowest BCUT2D eigenvalue weighted by molar-refractivity contribution is -0.393. The van der Waals surface area contributed by atoms with Gasteiger partial charge in [0.1, 0.15) is 5.75 Å². The third-order valence-corrected chi connectivity index (χ3v) is 7.53. The van der Waals surface area contributed by atoms with Crippen molar-refractivity contribution in [2.75, 3.05) is 0 Å². The highest BCUT2D eigenvalue weighted by Gasteiger charge is 2.36. The van der Waals surface area contributed by atoms with E-state index in [1.54, 1.807) is 12.1 Å². The van der Waals surface area contributed by atoms with E-state index >= 15 is 0 Å². The predicted molar refractivity (Wildman–Crippen MR) is 150 cm³/mol. The molecule has 0 bridgehead atoms. The third-order valence-electron chi connectivity index (χ3n) is 7.53. The average Bonchev–Trinajstić information content (AvgIpc) is 2.83. The number of aromatic hydroxyl groups is 1. The molecule has 0 radical (unpaired) electrons. The van der Waals surface area contributed by atoms with Crippen molar-refractivity contribution in [2.45, 2.75) is 117 Å². The molecule has 37 heavy (non-hydrogen) atoms. The first-order valence-electron chi connectivity index (χ1n) is 13.7. The fraction of sp³-hybridized carbons (Fsp3) is 0.600. The molecule has 0 atom stereocenters. The van der Waals surface area contributed by atoms with Gasteiger partial charge in [0.15, 0.2) is 0 Å². The van der Waals surface area contributed by atoms with Gasteiger partial charge in [-0.1, -0.05) is 99.0 Å². The van der Waals surface area contributed by atoms with Gasteiger partial charge in [0, 0.05) is 11.6 Å². The van der Waals surface area contributed by atoms with Crippen LogP contribution in [0.3, 0.4) is 0 Å². The minimum Gasteiger partial charge on any atom is -0.508 e. The number of phenolic OH excluding ortho intramolecular Hbond substituents is 1. The molecular weight excluding hydrogens is 468 g/mol. The van der Waals surface area contributed by atoms with Crippen LogP contribution in [0, 0.1) is 20.2 Å². The van der Waals surface area contributed by atoms with Crippen molar-refractivity contribution in [3.05, 3.63) is 61.7 Å². The lowest BCUT2D eigenvalue weighted by Crippen LogP contribution is -2.28. The number of hydrogen-bond acceptors (Lipinski definition) is 5. The molecule has 2 aromatic rings. The predicted octanol–water partition coefficient (Wildman–Crippen LogP) is 9.37. The van der Waals surface area contributed by atoms with Gasteiger partial charge in [-0.15, -0.1) is 0 Å². The number of hydrogen-bond donors (Lipinski definition) is 1. The summed E-state index contributed by atoms with van der Waals surface area (Å²) in [6, 6.07) is 7.21. The fourth-order valence-electron chi connectivity index (χ4n) is 5.45. The molecule has 0 saturated heterocycles. The van der Waals surface area contributed by atoms with Crippen molar-refractivity contribution < 1.29 is 15.0 Å². The van der Waals surface area contributed by atoms with E-state index in [4.69, 9.17) is 0 Å². The highest BCUT2D eigenvalue weighted by Crippen LogP contribution is 2.49. The average molecular weight is 513 g/mol. The summed E-state index contributed by atoms with van der Waals surface area (Å²) in [5.41, 5.74) is 1.39. The van der Waals surface area contributed by atoms with Gasteiger partial charge in [0.25, 0.3) is 11.4 Å². The minimum absolute atomic E-state index is 0.199. The summed E-state index contributed by atoms with van der Waals surface area (Å²) in [5.74, 6) is 0.199. The lowest BCUT2D eigenvalue weighted by atomic mass is 9.67. The van der Waals surface area contributed by atoms with Crippen molar-refractivity contribution in [3.8, 4) is 16.9 Å². The molecule has 0 heterocycles. The topological polar surface area (TPSA) is 107 Å². The van der Waals surface area contributed by atoms with Crippen LogP contribution in [0.25, 0.3) is 11.1 Å². The van der Waals surface area contributed by atoms with Gasteiger partial charge in [-0.2, -0.15) is 0 Å². The zero-order valence-corrected chi connectivity index (χ0v) is 23.4. The van der Waals surface area contributed by atoms with Crippen LogP contribution in [0.1, 0.15) is 117 Å². The number of nitro groups is 2. The van der Waals surface area contributed by atoms with Gasteiger partial charge in [-0.05, 0) is 46.9 Å². The van der Waals surface area contributed by atoms with Crippen LogP contribution < -0.4 is 0 Å². The van der Waals surface area contributed by atoms with Crippen LogP contribution in [0.5, 0.6) is 5.75 Å². The standard InChI is InChI=1S/C30H44N2O5/c1-7-9-11-13-19-29(3,4)27-24(23-16-15-22(31(34)35)21-25(23)32(36)37)17-18-26(33)28(27)30(5,6)20-14-12-10-8-2/h15-18,21,33H,7-14,19-20H2,1-6H3. The molecule has 7 heteroatoms. The Labute approximate surface area is 221 Å². The number of non-ortho nitro benzene ring substituents is 1. The SMILES string of the molecule is CCCCCCC(C)(C)c1c(O)ccc(-c2ccc([N+](=O)[O-])cc2[N+](=O)[O-])c1C(C)(C)CCCCCC. The van der Waals surface area contributed by atoms with Gasteiger partial charge >= 0.3 is 0 Å². The molecule has 0 aliphatic rings. The number of phenols is 1. The third kappa shape index (κ3) is 7.53. The Hall–Kier alpha value is -2.96. The number of nitro benzene ring substituents is 2. The highest BCUT2D eigenvalue weighted by molar-refractivity contribution is 5.80. The van der Waals surface area contributed by atoms with Gasteiger partial charge in [-0.3, -0.25) is 20.2 Å². The monoisotopic (exact) mass is 512 g/mol. The molecular formula is C30H44N2O5. The number of rotatable bonds is 15. The minimum atomic E-state index is -0.614. The van der Waals surface area contributed by atoms with E-state index in [2.05, 4.69) is 41.5 Å². The second-order valence-corrected chi connectivity index (χ2v) is 11.5. The van der Waals surface area contributed by atoms with E-state index in [0.717, 1.165) is 81.4 Å². The van der Waals surface area contributed by atoms with E-state index in [-0.39, 0.29) is 28.0 Å². The molecule has 0 aromatic heterocycles.